The van der Waals surface area contributed by atoms with Crippen molar-refractivity contribution in [2.75, 3.05) is 33.9 Å². The second kappa shape index (κ2) is 6.62. The summed E-state index contributed by atoms with van der Waals surface area (Å²) in [5, 5.41) is 12.2. The van der Waals surface area contributed by atoms with Gasteiger partial charge in [0, 0.05) is 25.7 Å². The number of carbonyl (C=O) groups excluding carboxylic acids is 1. The Morgan fingerprint density at radius 2 is 2.10 bits per heavy atom. The molecule has 0 spiro atoms. The molecule has 4 atom stereocenters. The molecule has 4 unspecified atom stereocenters. The fourth-order valence-electron chi connectivity index (χ4n) is 3.01. The van der Waals surface area contributed by atoms with E-state index in [9.17, 15) is 9.59 Å². The number of nitrogens with zero attached hydrogens (tertiary/aromatic N) is 2. The van der Waals surface area contributed by atoms with Crippen molar-refractivity contribution in [3.8, 4) is 0 Å². The molecule has 2 N–H and O–H groups in total. The molecule has 2 fully saturated rings. The Bertz CT molecular complexity index is 404. The lowest BCUT2D eigenvalue weighted by Crippen LogP contribution is -2.53. The van der Waals surface area contributed by atoms with Crippen LogP contribution in [-0.2, 0) is 9.53 Å². The molecule has 2 aliphatic rings. The van der Waals surface area contributed by atoms with Crippen molar-refractivity contribution in [2.45, 2.75) is 37.9 Å². The Hall–Kier alpha value is -1.34. The zero-order valence-corrected chi connectivity index (χ0v) is 12.9. The van der Waals surface area contributed by atoms with E-state index in [1.807, 2.05) is 0 Å². The van der Waals surface area contributed by atoms with Crippen molar-refractivity contribution in [2.24, 2.45) is 5.92 Å². The lowest BCUT2D eigenvalue weighted by atomic mass is 9.99. The van der Waals surface area contributed by atoms with Gasteiger partial charge in [-0.2, -0.15) is 0 Å². The SMILES string of the molecule is CC1CC(NC(=O)N(C)C2COCC2C(=O)O)CCN1C. The van der Waals surface area contributed by atoms with E-state index in [4.69, 9.17) is 9.84 Å². The smallest absolute Gasteiger partial charge is 0.317 e. The van der Waals surface area contributed by atoms with Crippen LogP contribution in [0.3, 0.4) is 0 Å². The highest BCUT2D eigenvalue weighted by Gasteiger charge is 2.39. The number of likely N-dealkylation sites (tertiary alicyclic amines) is 1. The van der Waals surface area contributed by atoms with Crippen LogP contribution < -0.4 is 5.32 Å². The summed E-state index contributed by atoms with van der Waals surface area (Å²) < 4.78 is 5.21. The summed E-state index contributed by atoms with van der Waals surface area (Å²) >= 11 is 0. The highest BCUT2D eigenvalue weighted by molar-refractivity contribution is 5.77. The highest BCUT2D eigenvalue weighted by Crippen LogP contribution is 2.20. The minimum absolute atomic E-state index is 0.150. The van der Waals surface area contributed by atoms with Crippen LogP contribution in [0.15, 0.2) is 0 Å². The van der Waals surface area contributed by atoms with E-state index in [-0.39, 0.29) is 25.3 Å². The summed E-state index contributed by atoms with van der Waals surface area (Å²) in [5.74, 6) is -1.55. The van der Waals surface area contributed by atoms with Crippen molar-refractivity contribution in [1.29, 1.82) is 0 Å². The number of amides is 2. The number of urea groups is 1. The molecule has 0 radical (unpaired) electrons. The number of carboxylic acids is 1. The van der Waals surface area contributed by atoms with Gasteiger partial charge in [0.05, 0.1) is 19.3 Å². The van der Waals surface area contributed by atoms with Crippen LogP contribution in [0.25, 0.3) is 0 Å². The Kier molecular flexibility index (Phi) is 5.05. The van der Waals surface area contributed by atoms with Crippen molar-refractivity contribution in [1.82, 2.24) is 15.1 Å². The van der Waals surface area contributed by atoms with Gasteiger partial charge in [-0.3, -0.25) is 4.79 Å². The van der Waals surface area contributed by atoms with Crippen LogP contribution in [0.4, 0.5) is 4.79 Å². The number of hydrogen-bond acceptors (Lipinski definition) is 4. The number of likely N-dealkylation sites (N-methyl/N-ethyl adjacent to an activating group) is 1. The van der Waals surface area contributed by atoms with Crippen LogP contribution >= 0.6 is 0 Å². The van der Waals surface area contributed by atoms with E-state index < -0.39 is 17.9 Å². The van der Waals surface area contributed by atoms with Crippen molar-refractivity contribution in [3.63, 3.8) is 0 Å². The minimum atomic E-state index is -0.912. The van der Waals surface area contributed by atoms with E-state index >= 15 is 0 Å². The van der Waals surface area contributed by atoms with Gasteiger partial charge in [-0.25, -0.2) is 4.79 Å². The van der Waals surface area contributed by atoms with E-state index in [0.29, 0.717) is 6.04 Å². The molecular weight excluding hydrogens is 274 g/mol. The molecule has 21 heavy (non-hydrogen) atoms. The highest BCUT2D eigenvalue weighted by atomic mass is 16.5. The average molecular weight is 299 g/mol. The van der Waals surface area contributed by atoms with Crippen LogP contribution in [0.2, 0.25) is 0 Å². The monoisotopic (exact) mass is 299 g/mol. The van der Waals surface area contributed by atoms with Crippen LogP contribution in [0.5, 0.6) is 0 Å². The van der Waals surface area contributed by atoms with Gasteiger partial charge in [-0.1, -0.05) is 0 Å². The third-order valence-electron chi connectivity index (χ3n) is 4.72. The van der Waals surface area contributed by atoms with E-state index in [1.54, 1.807) is 7.05 Å². The average Bonchev–Trinajstić information content (AvgIpc) is 2.91. The van der Waals surface area contributed by atoms with Crippen LogP contribution in [0.1, 0.15) is 19.8 Å². The van der Waals surface area contributed by atoms with Gasteiger partial charge < -0.3 is 25.0 Å². The standard InChI is InChI=1S/C14H25N3O4/c1-9-6-10(4-5-16(9)2)15-14(20)17(3)12-8-21-7-11(12)13(18)19/h9-12H,4-8H2,1-3H3,(H,15,20)(H,18,19). The maximum absolute atomic E-state index is 12.3. The van der Waals surface area contributed by atoms with Gasteiger partial charge >= 0.3 is 12.0 Å². The minimum Gasteiger partial charge on any atom is -0.481 e. The summed E-state index contributed by atoms with van der Waals surface area (Å²) in [4.78, 5) is 27.2. The molecular formula is C14H25N3O4. The van der Waals surface area contributed by atoms with Gasteiger partial charge in [-0.15, -0.1) is 0 Å². The summed E-state index contributed by atoms with van der Waals surface area (Å²) in [6.45, 7) is 3.56. The van der Waals surface area contributed by atoms with Gasteiger partial charge in [0.1, 0.15) is 5.92 Å². The van der Waals surface area contributed by atoms with Crippen LogP contribution in [-0.4, -0.2) is 78.9 Å². The molecule has 2 heterocycles. The third-order valence-corrected chi connectivity index (χ3v) is 4.72. The normalized spacial score (nSPS) is 33.7. The Morgan fingerprint density at radius 1 is 1.38 bits per heavy atom. The molecule has 2 aliphatic heterocycles. The lowest BCUT2D eigenvalue weighted by Gasteiger charge is -2.36. The number of hydrogen-bond donors (Lipinski definition) is 2. The van der Waals surface area contributed by atoms with E-state index in [2.05, 4.69) is 24.2 Å². The third kappa shape index (κ3) is 3.65. The Labute approximate surface area is 125 Å². The number of aliphatic carboxylic acids is 1. The number of ether oxygens (including phenoxy) is 1. The summed E-state index contributed by atoms with van der Waals surface area (Å²) in [6, 6.07) is -0.0163. The molecule has 7 heteroatoms. The Balaban J connectivity index is 1.89. The fourth-order valence-corrected chi connectivity index (χ4v) is 3.01. The van der Waals surface area contributed by atoms with Gasteiger partial charge in [0.15, 0.2) is 0 Å². The lowest BCUT2D eigenvalue weighted by molar-refractivity contribution is -0.142. The second-order valence-corrected chi connectivity index (χ2v) is 6.16. The first-order valence-electron chi connectivity index (χ1n) is 7.44. The summed E-state index contributed by atoms with van der Waals surface area (Å²) in [5.41, 5.74) is 0. The van der Waals surface area contributed by atoms with Gasteiger partial charge in [0.25, 0.3) is 0 Å². The number of rotatable bonds is 3. The fraction of sp³-hybridized carbons (Fsp3) is 0.857. The molecule has 0 aliphatic carbocycles. The first-order chi connectivity index (χ1) is 9.90. The van der Waals surface area contributed by atoms with Gasteiger partial charge in [-0.05, 0) is 26.8 Å². The first-order valence-corrected chi connectivity index (χ1v) is 7.44. The van der Waals surface area contributed by atoms with Crippen molar-refractivity contribution in [3.05, 3.63) is 0 Å². The van der Waals surface area contributed by atoms with Gasteiger partial charge in [0.2, 0.25) is 0 Å². The Morgan fingerprint density at radius 3 is 2.71 bits per heavy atom. The molecule has 0 bridgehead atoms. The molecule has 0 aromatic carbocycles. The summed E-state index contributed by atoms with van der Waals surface area (Å²) in [7, 11) is 3.73. The molecule has 0 aromatic rings. The maximum Gasteiger partial charge on any atom is 0.317 e. The number of carboxylic acid groups (broad SMARTS) is 1. The van der Waals surface area contributed by atoms with Crippen molar-refractivity contribution >= 4 is 12.0 Å². The molecule has 0 aromatic heterocycles. The zero-order chi connectivity index (χ0) is 15.6. The zero-order valence-electron chi connectivity index (χ0n) is 12.9. The largest absolute Gasteiger partial charge is 0.481 e. The maximum atomic E-state index is 12.3. The quantitative estimate of drug-likeness (QED) is 0.778. The number of carbonyl (C=O) groups is 2. The topological polar surface area (TPSA) is 82.1 Å². The number of nitrogens with one attached hydrogen (secondary N) is 1. The predicted octanol–water partition coefficient (Wildman–Crippen LogP) is 0.210. The molecule has 2 rings (SSSR count). The number of piperidine rings is 1. The first kappa shape index (κ1) is 16.0. The van der Waals surface area contributed by atoms with Crippen LogP contribution in [0, 0.1) is 5.92 Å². The van der Waals surface area contributed by atoms with E-state index in [1.165, 1.54) is 4.90 Å². The summed E-state index contributed by atoms with van der Waals surface area (Å²) in [6.07, 6.45) is 1.84. The molecule has 2 saturated heterocycles. The van der Waals surface area contributed by atoms with E-state index in [0.717, 1.165) is 19.4 Å². The molecule has 120 valence electrons. The van der Waals surface area contributed by atoms with Crippen molar-refractivity contribution < 1.29 is 19.4 Å². The molecule has 2 amide bonds. The second-order valence-electron chi connectivity index (χ2n) is 6.16. The predicted molar refractivity (Wildman–Crippen MR) is 77.1 cm³/mol. The molecule has 0 saturated carbocycles. The molecule has 7 nitrogen and oxygen atoms in total.